The van der Waals surface area contributed by atoms with Crippen molar-refractivity contribution in [2.75, 3.05) is 12.8 Å². The Morgan fingerprint density at radius 1 is 1.25 bits per heavy atom. The second kappa shape index (κ2) is 5.89. The van der Waals surface area contributed by atoms with Crippen LogP contribution in [0.25, 0.3) is 11.1 Å². The number of halogens is 2. The highest BCUT2D eigenvalue weighted by atomic mass is 35.5. The van der Waals surface area contributed by atoms with Gasteiger partial charge in [-0.25, -0.2) is 12.7 Å². The van der Waals surface area contributed by atoms with Crippen molar-refractivity contribution in [2.24, 2.45) is 5.73 Å². The number of rotatable bonds is 2. The van der Waals surface area contributed by atoms with Gasteiger partial charge in [0.2, 0.25) is 16.0 Å². The van der Waals surface area contributed by atoms with Gasteiger partial charge in [-0.15, -0.1) is 11.3 Å². The van der Waals surface area contributed by atoms with E-state index in [4.69, 9.17) is 34.3 Å². The lowest BCUT2D eigenvalue weighted by atomic mass is 10.1. The zero-order valence-corrected chi connectivity index (χ0v) is 15.7. The molecule has 4 N–H and O–H groups in total. The van der Waals surface area contributed by atoms with Crippen LogP contribution in [0.5, 0.6) is 0 Å². The summed E-state index contributed by atoms with van der Waals surface area (Å²) in [6.07, 6.45) is 0. The van der Waals surface area contributed by atoms with Crippen LogP contribution in [0.4, 0.5) is 0 Å². The van der Waals surface area contributed by atoms with Crippen molar-refractivity contribution < 1.29 is 8.42 Å². The van der Waals surface area contributed by atoms with Crippen LogP contribution in [-0.4, -0.2) is 31.5 Å². The minimum absolute atomic E-state index is 0.260. The lowest BCUT2D eigenvalue weighted by Gasteiger charge is -2.38. The maximum atomic E-state index is 12.2. The highest BCUT2D eigenvalue weighted by Gasteiger charge is 2.43. The van der Waals surface area contributed by atoms with Gasteiger partial charge in [0, 0.05) is 22.0 Å². The number of sulfonamides is 1. The standard InChI is InChI=1S/C14H14Cl2N4O2S2/c1-20-13(17)19-14(18,7-24(20,21)22)12-4-9(6-23-12)8-2-10(15)5-11(16)3-8/h2-6H,7,18H2,1H3,(H2,17,19)/t14-/m0/s1. The summed E-state index contributed by atoms with van der Waals surface area (Å²) in [4.78, 5) is 0.607. The summed E-state index contributed by atoms with van der Waals surface area (Å²) in [6.45, 7) is 0. The van der Waals surface area contributed by atoms with Crippen LogP contribution in [0.1, 0.15) is 4.88 Å². The number of nitrogens with two attached hydrogens (primary N) is 1. The van der Waals surface area contributed by atoms with Crippen molar-refractivity contribution in [1.29, 1.82) is 5.41 Å². The Balaban J connectivity index is 2.00. The molecule has 0 unspecified atom stereocenters. The Morgan fingerprint density at radius 3 is 2.46 bits per heavy atom. The van der Waals surface area contributed by atoms with Crippen LogP contribution in [0.3, 0.4) is 0 Å². The highest BCUT2D eigenvalue weighted by Crippen LogP contribution is 2.34. The fraction of sp³-hybridized carbons (Fsp3) is 0.214. The first-order valence-electron chi connectivity index (χ1n) is 6.78. The van der Waals surface area contributed by atoms with Crippen LogP contribution in [-0.2, 0) is 15.7 Å². The summed E-state index contributed by atoms with van der Waals surface area (Å²) >= 11 is 13.4. The van der Waals surface area contributed by atoms with Crippen molar-refractivity contribution in [3.05, 3.63) is 44.6 Å². The third-order valence-electron chi connectivity index (χ3n) is 3.72. The molecular weight excluding hydrogens is 391 g/mol. The number of benzene rings is 1. The summed E-state index contributed by atoms with van der Waals surface area (Å²) in [5, 5.41) is 13.4. The predicted molar refractivity (Wildman–Crippen MR) is 98.1 cm³/mol. The van der Waals surface area contributed by atoms with Crippen molar-refractivity contribution >= 4 is 50.5 Å². The second-order valence-corrected chi connectivity index (χ2v) is 9.31. The number of hydrogen-bond donors (Lipinski definition) is 3. The van der Waals surface area contributed by atoms with Gasteiger partial charge in [0.1, 0.15) is 11.4 Å². The summed E-state index contributed by atoms with van der Waals surface area (Å²) in [5.74, 6) is -0.598. The number of nitrogens with one attached hydrogen (secondary N) is 2. The van der Waals surface area contributed by atoms with E-state index in [2.05, 4.69) is 5.32 Å². The van der Waals surface area contributed by atoms with Crippen LogP contribution in [0, 0.1) is 5.41 Å². The third kappa shape index (κ3) is 3.12. The average molecular weight is 405 g/mol. The van der Waals surface area contributed by atoms with Gasteiger partial charge in [-0.3, -0.25) is 5.41 Å². The van der Waals surface area contributed by atoms with E-state index < -0.39 is 15.7 Å². The molecule has 6 nitrogen and oxygen atoms in total. The minimum Gasteiger partial charge on any atom is -0.332 e. The summed E-state index contributed by atoms with van der Waals surface area (Å²) in [7, 11) is -2.33. The molecule has 2 heterocycles. The Hall–Kier alpha value is -1.32. The lowest BCUT2D eigenvalue weighted by Crippen LogP contribution is -2.66. The SMILES string of the molecule is CN1C(=N)N[C@](N)(c2cc(-c3cc(Cl)cc(Cl)c3)cs2)CS1(=O)=O. The van der Waals surface area contributed by atoms with E-state index in [1.54, 1.807) is 24.3 Å². The Labute approximate surface area is 153 Å². The van der Waals surface area contributed by atoms with Crippen LogP contribution in [0.15, 0.2) is 29.6 Å². The molecule has 1 aliphatic heterocycles. The molecule has 0 aliphatic carbocycles. The van der Waals surface area contributed by atoms with Gasteiger partial charge in [0.05, 0.1) is 0 Å². The molecule has 10 heteroatoms. The Bertz CT molecular complexity index is 908. The monoisotopic (exact) mass is 404 g/mol. The van der Waals surface area contributed by atoms with Gasteiger partial charge >= 0.3 is 0 Å². The summed E-state index contributed by atoms with van der Waals surface area (Å²) < 4.78 is 25.2. The first kappa shape index (κ1) is 17.5. The van der Waals surface area contributed by atoms with Gasteiger partial charge in [0.25, 0.3) is 0 Å². The summed E-state index contributed by atoms with van der Waals surface area (Å²) in [6, 6.07) is 6.96. The molecule has 2 aromatic rings. The molecule has 1 aromatic heterocycles. The Morgan fingerprint density at radius 2 is 1.88 bits per heavy atom. The topological polar surface area (TPSA) is 99.3 Å². The van der Waals surface area contributed by atoms with Crippen molar-refractivity contribution in [3.8, 4) is 11.1 Å². The van der Waals surface area contributed by atoms with E-state index >= 15 is 0 Å². The summed E-state index contributed by atoms with van der Waals surface area (Å²) in [5.41, 5.74) is 6.54. The van der Waals surface area contributed by atoms with E-state index in [0.29, 0.717) is 14.9 Å². The number of thiophene rings is 1. The smallest absolute Gasteiger partial charge is 0.241 e. The molecule has 3 rings (SSSR count). The van der Waals surface area contributed by atoms with E-state index in [0.717, 1.165) is 15.4 Å². The largest absolute Gasteiger partial charge is 0.332 e. The maximum absolute atomic E-state index is 12.2. The van der Waals surface area contributed by atoms with Crippen molar-refractivity contribution in [3.63, 3.8) is 0 Å². The second-order valence-electron chi connectivity index (χ2n) is 5.53. The van der Waals surface area contributed by atoms with Crippen LogP contribution >= 0.6 is 34.5 Å². The molecule has 1 fully saturated rings. The van der Waals surface area contributed by atoms with Gasteiger partial charge in [-0.05, 0) is 40.8 Å². The molecule has 1 aromatic carbocycles. The van der Waals surface area contributed by atoms with Crippen LogP contribution in [0.2, 0.25) is 10.0 Å². The minimum atomic E-state index is -3.65. The quantitative estimate of drug-likeness (QED) is 0.715. The van der Waals surface area contributed by atoms with Gasteiger partial charge in [-0.2, -0.15) is 0 Å². The normalized spacial score (nSPS) is 23.2. The molecule has 1 saturated heterocycles. The van der Waals surface area contributed by atoms with Gasteiger partial charge in [0.15, 0.2) is 0 Å². The Kier molecular flexibility index (Phi) is 4.29. The van der Waals surface area contributed by atoms with E-state index in [1.165, 1.54) is 18.4 Å². The van der Waals surface area contributed by atoms with Crippen molar-refractivity contribution in [1.82, 2.24) is 9.62 Å². The van der Waals surface area contributed by atoms with Gasteiger partial charge < -0.3 is 11.1 Å². The lowest BCUT2D eigenvalue weighted by molar-refractivity contribution is 0.406. The molecule has 0 saturated carbocycles. The zero-order valence-electron chi connectivity index (χ0n) is 12.5. The van der Waals surface area contributed by atoms with E-state index in [-0.39, 0.29) is 11.7 Å². The maximum Gasteiger partial charge on any atom is 0.241 e. The fourth-order valence-electron chi connectivity index (χ4n) is 2.42. The highest BCUT2D eigenvalue weighted by molar-refractivity contribution is 7.89. The molecule has 0 bridgehead atoms. The number of nitrogens with zero attached hydrogens (tertiary/aromatic N) is 1. The molecular formula is C14H14Cl2N4O2S2. The molecule has 128 valence electrons. The van der Waals surface area contributed by atoms with Crippen molar-refractivity contribution in [2.45, 2.75) is 5.66 Å². The third-order valence-corrected chi connectivity index (χ3v) is 7.10. The first-order chi connectivity index (χ1) is 11.1. The molecule has 1 aliphatic rings. The predicted octanol–water partition coefficient (Wildman–Crippen LogP) is 2.63. The fourth-order valence-corrected chi connectivity index (χ4v) is 5.35. The average Bonchev–Trinajstić information content (AvgIpc) is 2.94. The molecule has 0 spiro atoms. The number of hydrogen-bond acceptors (Lipinski definition) is 5. The number of guanidine groups is 1. The van der Waals surface area contributed by atoms with Crippen LogP contribution < -0.4 is 11.1 Å². The van der Waals surface area contributed by atoms with E-state index in [9.17, 15) is 8.42 Å². The molecule has 0 radical (unpaired) electrons. The zero-order chi connectivity index (χ0) is 17.7. The molecule has 24 heavy (non-hydrogen) atoms. The molecule has 0 amide bonds. The molecule has 1 atom stereocenters. The van der Waals surface area contributed by atoms with Gasteiger partial charge in [-0.1, -0.05) is 23.2 Å². The first-order valence-corrected chi connectivity index (χ1v) is 10.0. The van der Waals surface area contributed by atoms with E-state index in [1.807, 2.05) is 5.38 Å².